The average Bonchev–Trinajstić information content (AvgIpc) is 2.86. The number of fused-ring (bicyclic) bond motifs is 2. The van der Waals surface area contributed by atoms with Gasteiger partial charge in [0.25, 0.3) is 0 Å². The summed E-state index contributed by atoms with van der Waals surface area (Å²) >= 11 is 0. The molecule has 0 radical (unpaired) electrons. The Kier molecular flexibility index (Phi) is 5.95. The summed E-state index contributed by atoms with van der Waals surface area (Å²) in [5.74, 6) is -0.112. The van der Waals surface area contributed by atoms with Crippen LogP contribution in [-0.4, -0.2) is 30.3 Å². The van der Waals surface area contributed by atoms with Gasteiger partial charge in [-0.2, -0.15) is 0 Å². The van der Waals surface area contributed by atoms with Crippen LogP contribution >= 0.6 is 0 Å². The Hall–Kier alpha value is -3.83. The molecule has 1 heterocycles. The normalized spacial score (nSPS) is 16.1. The minimum atomic E-state index is -0.914. The van der Waals surface area contributed by atoms with Crippen LogP contribution in [-0.2, 0) is 0 Å². The van der Waals surface area contributed by atoms with E-state index in [4.69, 9.17) is 4.74 Å². The summed E-state index contributed by atoms with van der Waals surface area (Å²) in [6, 6.07) is 28.5. The van der Waals surface area contributed by atoms with Crippen LogP contribution in [0.2, 0.25) is 0 Å². The van der Waals surface area contributed by atoms with Crippen LogP contribution in [0, 0.1) is 6.92 Å². The van der Waals surface area contributed by atoms with Crippen molar-refractivity contribution in [1.82, 2.24) is 5.32 Å². The number of aryl methyl sites for hydroxylation is 1. The molecule has 0 aromatic heterocycles. The fraction of sp³-hybridized carbons (Fsp3) is 0.207. The predicted octanol–water partition coefficient (Wildman–Crippen LogP) is 6.10. The highest BCUT2D eigenvalue weighted by Gasteiger charge is 2.27. The molecule has 0 saturated heterocycles. The number of para-hydroxylation sites is 2. The number of aromatic carboxylic acids is 1. The Morgan fingerprint density at radius 1 is 1.06 bits per heavy atom. The summed E-state index contributed by atoms with van der Waals surface area (Å²) in [7, 11) is 0. The molecule has 2 atom stereocenters. The minimum absolute atomic E-state index is 0.0955. The molecule has 34 heavy (non-hydrogen) atoms. The highest BCUT2D eigenvalue weighted by molar-refractivity contribution is 5.91. The van der Waals surface area contributed by atoms with Crippen LogP contribution in [0.15, 0.2) is 84.9 Å². The third kappa shape index (κ3) is 4.22. The fourth-order valence-electron chi connectivity index (χ4n) is 4.70. The Morgan fingerprint density at radius 2 is 1.82 bits per heavy atom. The quantitative estimate of drug-likeness (QED) is 0.370. The lowest BCUT2D eigenvalue weighted by Crippen LogP contribution is -2.44. The van der Waals surface area contributed by atoms with E-state index in [0.717, 1.165) is 22.7 Å². The standard InChI is InChI=1S/C29H28N2O3/c1-19-14-15-22(16-26(19)29(32)33)31-18-23(34-28-13-6-5-12-27(28)31)17-30-20(2)24-11-7-9-21-8-3-4-10-25(21)24/h3-16,20,23,30H,17-18H2,1-2H3,(H,32,33). The number of hydrogen-bond donors (Lipinski definition) is 2. The molecule has 0 bridgehead atoms. The van der Waals surface area contributed by atoms with Gasteiger partial charge in [-0.3, -0.25) is 0 Å². The van der Waals surface area contributed by atoms with Gasteiger partial charge < -0.3 is 20.1 Å². The van der Waals surface area contributed by atoms with Crippen molar-refractivity contribution in [2.45, 2.75) is 26.0 Å². The van der Waals surface area contributed by atoms with Crippen molar-refractivity contribution in [2.75, 3.05) is 18.0 Å². The molecule has 4 aromatic rings. The molecule has 1 aliphatic heterocycles. The van der Waals surface area contributed by atoms with Gasteiger partial charge >= 0.3 is 5.97 Å². The number of nitrogens with one attached hydrogen (secondary N) is 1. The summed E-state index contributed by atoms with van der Waals surface area (Å²) in [6.45, 7) is 5.28. The monoisotopic (exact) mass is 452 g/mol. The molecule has 5 heteroatoms. The number of carboxylic acid groups (broad SMARTS) is 1. The van der Waals surface area contributed by atoms with Crippen LogP contribution in [0.4, 0.5) is 11.4 Å². The van der Waals surface area contributed by atoms with Crippen molar-refractivity contribution in [3.63, 3.8) is 0 Å². The zero-order chi connectivity index (χ0) is 23.7. The molecule has 5 rings (SSSR count). The smallest absolute Gasteiger partial charge is 0.336 e. The first-order valence-corrected chi connectivity index (χ1v) is 11.6. The van der Waals surface area contributed by atoms with Crippen molar-refractivity contribution >= 4 is 28.1 Å². The van der Waals surface area contributed by atoms with Crippen molar-refractivity contribution < 1.29 is 14.6 Å². The Morgan fingerprint density at radius 3 is 2.68 bits per heavy atom. The Balaban J connectivity index is 1.39. The molecule has 5 nitrogen and oxygen atoms in total. The van der Waals surface area contributed by atoms with Gasteiger partial charge in [0, 0.05) is 18.3 Å². The van der Waals surface area contributed by atoms with Crippen LogP contribution in [0.3, 0.4) is 0 Å². The molecule has 0 saturated carbocycles. The maximum absolute atomic E-state index is 11.7. The molecule has 0 fully saturated rings. The first-order valence-electron chi connectivity index (χ1n) is 11.6. The van der Waals surface area contributed by atoms with E-state index in [9.17, 15) is 9.90 Å². The summed E-state index contributed by atoms with van der Waals surface area (Å²) < 4.78 is 6.34. The lowest BCUT2D eigenvalue weighted by Gasteiger charge is -2.37. The van der Waals surface area contributed by atoms with Crippen LogP contribution in [0.25, 0.3) is 10.8 Å². The molecular formula is C29H28N2O3. The van der Waals surface area contributed by atoms with Crippen molar-refractivity contribution in [3.8, 4) is 5.75 Å². The number of hydrogen-bond acceptors (Lipinski definition) is 4. The predicted molar refractivity (Wildman–Crippen MR) is 136 cm³/mol. The lowest BCUT2D eigenvalue weighted by molar-refractivity contribution is 0.0696. The summed E-state index contributed by atoms with van der Waals surface area (Å²) in [6.07, 6.45) is -0.0955. The number of rotatable bonds is 6. The summed E-state index contributed by atoms with van der Waals surface area (Å²) in [5, 5.41) is 15.8. The second-order valence-corrected chi connectivity index (χ2v) is 8.82. The molecule has 1 aliphatic rings. The van der Waals surface area contributed by atoms with E-state index in [2.05, 4.69) is 59.6 Å². The molecule has 172 valence electrons. The molecule has 2 unspecified atom stereocenters. The van der Waals surface area contributed by atoms with E-state index >= 15 is 0 Å². The van der Waals surface area contributed by atoms with Crippen molar-refractivity contribution in [2.24, 2.45) is 0 Å². The maximum atomic E-state index is 11.7. The van der Waals surface area contributed by atoms with E-state index in [1.165, 1.54) is 16.3 Å². The molecule has 2 N–H and O–H groups in total. The fourth-order valence-corrected chi connectivity index (χ4v) is 4.70. The van der Waals surface area contributed by atoms with Gasteiger partial charge in [0.1, 0.15) is 11.9 Å². The first-order chi connectivity index (χ1) is 16.5. The molecule has 0 spiro atoms. The summed E-state index contributed by atoms with van der Waals surface area (Å²) in [5.41, 5.74) is 4.13. The number of carbonyl (C=O) groups is 1. The van der Waals surface area contributed by atoms with Gasteiger partial charge in [-0.05, 0) is 60.0 Å². The van der Waals surface area contributed by atoms with Gasteiger partial charge in [0.05, 0.1) is 17.8 Å². The number of benzene rings is 4. The topological polar surface area (TPSA) is 61.8 Å². The number of nitrogens with zero attached hydrogens (tertiary/aromatic N) is 1. The van der Waals surface area contributed by atoms with Gasteiger partial charge in [-0.25, -0.2) is 4.79 Å². The summed E-state index contributed by atoms with van der Waals surface area (Å²) in [4.78, 5) is 13.9. The van der Waals surface area contributed by atoms with E-state index in [-0.39, 0.29) is 12.1 Å². The van der Waals surface area contributed by atoms with E-state index < -0.39 is 5.97 Å². The highest BCUT2D eigenvalue weighted by Crippen LogP contribution is 2.38. The largest absolute Gasteiger partial charge is 0.485 e. The average molecular weight is 453 g/mol. The van der Waals surface area contributed by atoms with Crippen LogP contribution in [0.5, 0.6) is 5.75 Å². The second-order valence-electron chi connectivity index (χ2n) is 8.82. The highest BCUT2D eigenvalue weighted by atomic mass is 16.5. The van der Waals surface area contributed by atoms with Crippen LogP contribution in [0.1, 0.15) is 34.5 Å². The third-order valence-electron chi connectivity index (χ3n) is 6.54. The van der Waals surface area contributed by atoms with E-state index in [1.54, 1.807) is 6.07 Å². The SMILES string of the molecule is Cc1ccc(N2CC(CNC(C)c3cccc4ccccc34)Oc3ccccc32)cc1C(=O)O. The third-order valence-corrected chi connectivity index (χ3v) is 6.54. The zero-order valence-corrected chi connectivity index (χ0v) is 19.4. The Bertz CT molecular complexity index is 1350. The molecule has 0 aliphatic carbocycles. The van der Waals surface area contributed by atoms with Crippen LogP contribution < -0.4 is 15.0 Å². The molecular weight excluding hydrogens is 424 g/mol. The molecule has 0 amide bonds. The number of carboxylic acids is 1. The van der Waals surface area contributed by atoms with Gasteiger partial charge in [-0.1, -0.05) is 60.7 Å². The van der Waals surface area contributed by atoms with Crippen molar-refractivity contribution in [3.05, 3.63) is 102 Å². The number of anilines is 2. The van der Waals surface area contributed by atoms with E-state index in [1.807, 2.05) is 43.3 Å². The zero-order valence-electron chi connectivity index (χ0n) is 19.4. The second kappa shape index (κ2) is 9.20. The van der Waals surface area contributed by atoms with Gasteiger partial charge in [0.2, 0.25) is 0 Å². The first kappa shape index (κ1) is 22.0. The van der Waals surface area contributed by atoms with Gasteiger partial charge in [0.15, 0.2) is 0 Å². The number of ether oxygens (including phenoxy) is 1. The van der Waals surface area contributed by atoms with Crippen molar-refractivity contribution in [1.29, 1.82) is 0 Å². The van der Waals surface area contributed by atoms with E-state index in [0.29, 0.717) is 18.7 Å². The van der Waals surface area contributed by atoms with Gasteiger partial charge in [-0.15, -0.1) is 0 Å². The Labute approximate surface area is 199 Å². The lowest BCUT2D eigenvalue weighted by atomic mass is 9.99. The maximum Gasteiger partial charge on any atom is 0.336 e. The minimum Gasteiger partial charge on any atom is -0.485 e. The molecule has 4 aromatic carbocycles.